The van der Waals surface area contributed by atoms with Gasteiger partial charge in [-0.15, -0.1) is 12.4 Å². The van der Waals surface area contributed by atoms with Crippen molar-refractivity contribution in [2.45, 2.75) is 20.8 Å². The van der Waals surface area contributed by atoms with Gasteiger partial charge in [-0.25, -0.2) is 4.79 Å². The van der Waals surface area contributed by atoms with Gasteiger partial charge >= 0.3 is 5.69 Å². The predicted octanol–water partition coefficient (Wildman–Crippen LogP) is 2.58. The summed E-state index contributed by atoms with van der Waals surface area (Å²) < 4.78 is 1.62. The van der Waals surface area contributed by atoms with Gasteiger partial charge in [0.1, 0.15) is 0 Å². The second-order valence-electron chi connectivity index (χ2n) is 3.99. The van der Waals surface area contributed by atoms with Gasteiger partial charge in [-0.3, -0.25) is 4.57 Å². The maximum absolute atomic E-state index is 11.8. The van der Waals surface area contributed by atoms with Gasteiger partial charge in [-0.05, 0) is 39.0 Å². The van der Waals surface area contributed by atoms with Crippen molar-refractivity contribution in [3.05, 3.63) is 57.8 Å². The molecule has 0 atom stereocenters. The van der Waals surface area contributed by atoms with Crippen molar-refractivity contribution in [2.24, 2.45) is 0 Å². The lowest BCUT2D eigenvalue weighted by molar-refractivity contribution is 0.855. The van der Waals surface area contributed by atoms with Crippen molar-refractivity contribution < 1.29 is 0 Å². The molecule has 17 heavy (non-hydrogen) atoms. The fourth-order valence-electron chi connectivity index (χ4n) is 1.76. The van der Waals surface area contributed by atoms with Crippen LogP contribution in [0.1, 0.15) is 17.0 Å². The van der Waals surface area contributed by atoms with E-state index in [1.165, 1.54) is 5.56 Å². The summed E-state index contributed by atoms with van der Waals surface area (Å²) in [5, 5.41) is 0. The zero-order valence-corrected chi connectivity index (χ0v) is 10.9. The molecule has 0 aliphatic carbocycles. The van der Waals surface area contributed by atoms with Crippen molar-refractivity contribution in [3.63, 3.8) is 0 Å². The lowest BCUT2D eigenvalue weighted by Crippen LogP contribution is -2.23. The Morgan fingerprint density at radius 2 is 1.65 bits per heavy atom. The Morgan fingerprint density at radius 3 is 2.18 bits per heavy atom. The molecule has 90 valence electrons. The molecule has 0 spiro atoms. The van der Waals surface area contributed by atoms with Crippen molar-refractivity contribution in [1.82, 2.24) is 9.55 Å². The van der Waals surface area contributed by atoms with Crippen LogP contribution in [0.25, 0.3) is 5.69 Å². The van der Waals surface area contributed by atoms with Gasteiger partial charge in [-0.2, -0.15) is 4.98 Å². The summed E-state index contributed by atoms with van der Waals surface area (Å²) in [6.45, 7) is 5.76. The summed E-state index contributed by atoms with van der Waals surface area (Å²) in [5.74, 6) is 0. The van der Waals surface area contributed by atoms with Crippen molar-refractivity contribution in [1.29, 1.82) is 0 Å². The van der Waals surface area contributed by atoms with Crippen LogP contribution in [0.4, 0.5) is 0 Å². The van der Waals surface area contributed by atoms with E-state index >= 15 is 0 Å². The Hall–Kier alpha value is -1.61. The van der Waals surface area contributed by atoms with Crippen LogP contribution in [0, 0.1) is 20.8 Å². The first-order chi connectivity index (χ1) is 7.58. The van der Waals surface area contributed by atoms with Crippen LogP contribution >= 0.6 is 12.4 Å². The minimum atomic E-state index is -0.221. The van der Waals surface area contributed by atoms with Gasteiger partial charge in [0, 0.05) is 11.4 Å². The van der Waals surface area contributed by atoms with E-state index < -0.39 is 0 Å². The zero-order chi connectivity index (χ0) is 11.7. The summed E-state index contributed by atoms with van der Waals surface area (Å²) in [6.07, 6.45) is 0. The molecule has 0 aliphatic rings. The van der Waals surface area contributed by atoms with Gasteiger partial charge in [0.25, 0.3) is 0 Å². The van der Waals surface area contributed by atoms with Crippen LogP contribution in [-0.4, -0.2) is 9.55 Å². The van der Waals surface area contributed by atoms with Crippen LogP contribution in [0.2, 0.25) is 0 Å². The van der Waals surface area contributed by atoms with Crippen LogP contribution in [0.15, 0.2) is 35.1 Å². The third kappa shape index (κ3) is 2.74. The van der Waals surface area contributed by atoms with Gasteiger partial charge < -0.3 is 0 Å². The fourth-order valence-corrected chi connectivity index (χ4v) is 1.76. The summed E-state index contributed by atoms with van der Waals surface area (Å²) in [5.41, 5.74) is 3.48. The first-order valence-corrected chi connectivity index (χ1v) is 5.22. The molecule has 0 fully saturated rings. The Morgan fingerprint density at radius 1 is 1.06 bits per heavy atom. The van der Waals surface area contributed by atoms with Crippen molar-refractivity contribution in [2.75, 3.05) is 0 Å². The van der Waals surface area contributed by atoms with E-state index in [9.17, 15) is 4.79 Å². The molecule has 0 bridgehead atoms. The Labute approximate surface area is 107 Å². The molecule has 4 heteroatoms. The lowest BCUT2D eigenvalue weighted by Gasteiger charge is -2.09. The molecule has 0 aliphatic heterocycles. The first kappa shape index (κ1) is 13.5. The van der Waals surface area contributed by atoms with Crippen LogP contribution in [0.5, 0.6) is 0 Å². The zero-order valence-electron chi connectivity index (χ0n) is 10.1. The van der Waals surface area contributed by atoms with Gasteiger partial charge in [0.15, 0.2) is 0 Å². The summed E-state index contributed by atoms with van der Waals surface area (Å²) in [7, 11) is 0. The van der Waals surface area contributed by atoms with E-state index in [2.05, 4.69) is 4.98 Å². The summed E-state index contributed by atoms with van der Waals surface area (Å²) in [4.78, 5) is 15.7. The molecule has 1 aromatic carbocycles. The molecular formula is C13H15ClN2O. The third-order valence-electron chi connectivity index (χ3n) is 2.53. The number of nitrogens with zero attached hydrogens (tertiary/aromatic N) is 2. The van der Waals surface area contributed by atoms with Crippen LogP contribution in [0.3, 0.4) is 0 Å². The number of halogens is 1. The monoisotopic (exact) mass is 250 g/mol. The highest BCUT2D eigenvalue weighted by Crippen LogP contribution is 2.09. The van der Waals surface area contributed by atoms with Crippen LogP contribution < -0.4 is 5.69 Å². The highest BCUT2D eigenvalue weighted by Gasteiger charge is 2.04. The maximum atomic E-state index is 11.8. The normalized spacial score (nSPS) is 9.82. The van der Waals surface area contributed by atoms with Crippen molar-refractivity contribution >= 4 is 12.4 Å². The number of hydrogen-bond donors (Lipinski definition) is 0. The topological polar surface area (TPSA) is 34.9 Å². The van der Waals surface area contributed by atoms with Gasteiger partial charge in [-0.1, -0.05) is 17.7 Å². The third-order valence-corrected chi connectivity index (χ3v) is 2.53. The van der Waals surface area contributed by atoms with Crippen molar-refractivity contribution in [3.8, 4) is 5.69 Å². The second kappa shape index (κ2) is 5.15. The molecule has 0 radical (unpaired) electrons. The SMILES string of the molecule is Cc1ccc(-n2c(C)cc(C)nc2=O)cc1.Cl. The predicted molar refractivity (Wildman–Crippen MR) is 71.3 cm³/mol. The molecule has 2 aromatic rings. The standard InChI is InChI=1S/C13H14N2O.ClH/c1-9-4-6-12(7-5-9)15-11(3)8-10(2)14-13(15)16;/h4-8H,1-3H3;1H. The second-order valence-corrected chi connectivity index (χ2v) is 3.99. The smallest absolute Gasteiger partial charge is 0.265 e. The average Bonchev–Trinajstić information content (AvgIpc) is 2.19. The Balaban J connectivity index is 0.00000144. The number of hydrogen-bond acceptors (Lipinski definition) is 2. The largest absolute Gasteiger partial charge is 0.352 e. The molecule has 3 nitrogen and oxygen atoms in total. The van der Waals surface area contributed by atoms with E-state index in [0.29, 0.717) is 0 Å². The molecule has 2 rings (SSSR count). The van der Waals surface area contributed by atoms with E-state index in [-0.39, 0.29) is 18.1 Å². The lowest BCUT2D eigenvalue weighted by atomic mass is 10.2. The van der Waals surface area contributed by atoms with E-state index in [1.807, 2.05) is 51.1 Å². The number of aryl methyl sites for hydroxylation is 3. The number of rotatable bonds is 1. The molecule has 1 heterocycles. The van der Waals surface area contributed by atoms with Gasteiger partial charge in [0.2, 0.25) is 0 Å². The average molecular weight is 251 g/mol. The minimum absolute atomic E-state index is 0. The van der Waals surface area contributed by atoms with Gasteiger partial charge in [0.05, 0.1) is 5.69 Å². The minimum Gasteiger partial charge on any atom is -0.265 e. The van der Waals surface area contributed by atoms with E-state index in [4.69, 9.17) is 0 Å². The molecule has 0 amide bonds. The van der Waals surface area contributed by atoms with E-state index in [0.717, 1.165) is 17.1 Å². The quantitative estimate of drug-likeness (QED) is 0.780. The highest BCUT2D eigenvalue weighted by molar-refractivity contribution is 5.85. The summed E-state index contributed by atoms with van der Waals surface area (Å²) in [6, 6.07) is 9.74. The molecule has 0 saturated carbocycles. The van der Waals surface area contributed by atoms with Crippen LogP contribution in [-0.2, 0) is 0 Å². The highest BCUT2D eigenvalue weighted by atomic mass is 35.5. The first-order valence-electron chi connectivity index (χ1n) is 5.22. The fraction of sp³-hybridized carbons (Fsp3) is 0.231. The Kier molecular flexibility index (Phi) is 4.07. The number of benzene rings is 1. The summed E-state index contributed by atoms with van der Waals surface area (Å²) >= 11 is 0. The molecule has 0 saturated heterocycles. The maximum Gasteiger partial charge on any atom is 0.352 e. The van der Waals surface area contributed by atoms with E-state index in [1.54, 1.807) is 4.57 Å². The molecule has 0 unspecified atom stereocenters. The molecular weight excluding hydrogens is 236 g/mol. The molecule has 1 aromatic heterocycles. The Bertz CT molecular complexity index is 573. The molecule has 0 N–H and O–H groups in total. The number of aromatic nitrogens is 2.